The molecule has 0 unspecified atom stereocenters. The smallest absolute Gasteiger partial charge is 0.338 e. The molecule has 0 spiro atoms. The Morgan fingerprint density at radius 3 is 2.32 bits per heavy atom. The fraction of sp³-hybridized carbons (Fsp3) is 0.214. The number of anilines is 3. The Balaban J connectivity index is 1.59. The van der Waals surface area contributed by atoms with Gasteiger partial charge in [-0.25, -0.2) is 14.8 Å². The van der Waals surface area contributed by atoms with Crippen molar-refractivity contribution in [1.29, 1.82) is 0 Å². The Labute approximate surface area is 230 Å². The molecule has 0 saturated carbocycles. The van der Waals surface area contributed by atoms with Gasteiger partial charge < -0.3 is 20.3 Å². The number of carboxylic acids is 1. The minimum absolute atomic E-state index is 0.0503. The van der Waals surface area contributed by atoms with Crippen molar-refractivity contribution in [3.8, 4) is 11.4 Å². The first kappa shape index (κ1) is 27.2. The van der Waals surface area contributed by atoms with Crippen molar-refractivity contribution in [3.05, 3.63) is 86.7 Å². The molecule has 0 atom stereocenters. The molecule has 0 fully saturated rings. The number of hydrogen-bond donors (Lipinski definition) is 3. The highest BCUT2D eigenvalue weighted by Gasteiger charge is 2.21. The standard InChI is InChI=1S/C28H27Cl2N5O3/c1-5-16-8-7-9-17(6-2)23(16)33-26(36)18-10-11-21(15(3)12-18)32-28-31-14-20(29)24(34-28)22-13-19(27(37)38)25(30)35(22)4/h7-14H,5-6H2,1-4H3,(H,33,36)(H,37,38)(H,31,32,34). The van der Waals surface area contributed by atoms with E-state index in [4.69, 9.17) is 23.2 Å². The lowest BCUT2D eigenvalue weighted by molar-refractivity contribution is 0.0697. The molecule has 0 aliphatic rings. The number of rotatable bonds is 8. The summed E-state index contributed by atoms with van der Waals surface area (Å²) in [6.07, 6.45) is 3.07. The van der Waals surface area contributed by atoms with E-state index >= 15 is 0 Å². The molecule has 0 bridgehead atoms. The molecule has 3 N–H and O–H groups in total. The van der Waals surface area contributed by atoms with E-state index < -0.39 is 5.97 Å². The number of hydrogen-bond acceptors (Lipinski definition) is 5. The normalized spacial score (nSPS) is 10.9. The lowest BCUT2D eigenvalue weighted by Gasteiger charge is -2.15. The first-order valence-corrected chi connectivity index (χ1v) is 12.8. The number of nitrogens with one attached hydrogen (secondary N) is 2. The Bertz CT molecular complexity index is 1530. The molecule has 4 aromatic rings. The third-order valence-electron chi connectivity index (χ3n) is 6.35. The van der Waals surface area contributed by atoms with Gasteiger partial charge in [0.25, 0.3) is 5.91 Å². The number of carboxylic acid groups (broad SMARTS) is 1. The maximum atomic E-state index is 13.1. The lowest BCUT2D eigenvalue weighted by Crippen LogP contribution is -2.15. The average molecular weight is 552 g/mol. The van der Waals surface area contributed by atoms with Crippen molar-refractivity contribution in [1.82, 2.24) is 14.5 Å². The Morgan fingerprint density at radius 2 is 1.74 bits per heavy atom. The minimum Gasteiger partial charge on any atom is -0.478 e. The quantitative estimate of drug-likeness (QED) is 0.219. The minimum atomic E-state index is -1.15. The first-order valence-electron chi connectivity index (χ1n) is 12.1. The zero-order valence-corrected chi connectivity index (χ0v) is 22.9. The molecule has 0 aliphatic heterocycles. The van der Waals surface area contributed by atoms with Crippen LogP contribution in [0.15, 0.2) is 48.7 Å². The van der Waals surface area contributed by atoms with Gasteiger partial charge in [0.05, 0.1) is 22.5 Å². The molecule has 0 radical (unpaired) electrons. The second-order valence-electron chi connectivity index (χ2n) is 8.76. The highest BCUT2D eigenvalue weighted by Crippen LogP contribution is 2.32. The van der Waals surface area contributed by atoms with Gasteiger partial charge in [-0.3, -0.25) is 4.79 Å². The number of aromatic nitrogens is 3. The summed E-state index contributed by atoms with van der Waals surface area (Å²) >= 11 is 12.5. The molecule has 0 aliphatic carbocycles. The van der Waals surface area contributed by atoms with E-state index in [1.165, 1.54) is 16.8 Å². The van der Waals surface area contributed by atoms with Crippen LogP contribution >= 0.6 is 23.2 Å². The monoisotopic (exact) mass is 551 g/mol. The zero-order chi connectivity index (χ0) is 27.6. The summed E-state index contributed by atoms with van der Waals surface area (Å²) < 4.78 is 1.50. The van der Waals surface area contributed by atoms with Crippen molar-refractivity contribution < 1.29 is 14.7 Å². The topological polar surface area (TPSA) is 109 Å². The summed E-state index contributed by atoms with van der Waals surface area (Å²) in [5, 5.41) is 15.9. The number of aromatic carboxylic acids is 1. The van der Waals surface area contributed by atoms with Crippen LogP contribution in [0.2, 0.25) is 10.2 Å². The number of amides is 1. The van der Waals surface area contributed by atoms with Crippen LogP contribution < -0.4 is 10.6 Å². The van der Waals surface area contributed by atoms with Gasteiger partial charge >= 0.3 is 5.97 Å². The molecule has 0 saturated heterocycles. The Morgan fingerprint density at radius 1 is 1.05 bits per heavy atom. The second-order valence-corrected chi connectivity index (χ2v) is 9.52. The van der Waals surface area contributed by atoms with Crippen LogP contribution in [0.3, 0.4) is 0 Å². The van der Waals surface area contributed by atoms with Crippen molar-refractivity contribution in [2.24, 2.45) is 7.05 Å². The van der Waals surface area contributed by atoms with Gasteiger partial charge in [0, 0.05) is 24.0 Å². The summed E-state index contributed by atoms with van der Waals surface area (Å²) in [6, 6.07) is 12.8. The third-order valence-corrected chi connectivity index (χ3v) is 7.08. The zero-order valence-electron chi connectivity index (χ0n) is 21.4. The van der Waals surface area contributed by atoms with E-state index in [1.54, 1.807) is 25.2 Å². The summed E-state index contributed by atoms with van der Waals surface area (Å²) in [7, 11) is 1.63. The van der Waals surface area contributed by atoms with Gasteiger partial charge in [0.1, 0.15) is 10.8 Å². The van der Waals surface area contributed by atoms with Crippen LogP contribution in [0.25, 0.3) is 11.4 Å². The van der Waals surface area contributed by atoms with E-state index in [2.05, 4.69) is 34.4 Å². The summed E-state index contributed by atoms with van der Waals surface area (Å²) in [5.74, 6) is -1.08. The Hall–Kier alpha value is -3.88. The van der Waals surface area contributed by atoms with Gasteiger partial charge in [-0.05, 0) is 60.7 Å². The van der Waals surface area contributed by atoms with Gasteiger partial charge in [-0.1, -0.05) is 55.2 Å². The van der Waals surface area contributed by atoms with Crippen molar-refractivity contribution >= 4 is 52.4 Å². The highest BCUT2D eigenvalue weighted by atomic mass is 35.5. The van der Waals surface area contributed by atoms with E-state index in [0.29, 0.717) is 22.6 Å². The fourth-order valence-corrected chi connectivity index (χ4v) is 4.63. The summed E-state index contributed by atoms with van der Waals surface area (Å²) in [4.78, 5) is 33.3. The van der Waals surface area contributed by atoms with E-state index in [0.717, 1.165) is 35.2 Å². The molecule has 196 valence electrons. The number of nitrogens with zero attached hydrogens (tertiary/aromatic N) is 3. The van der Waals surface area contributed by atoms with Gasteiger partial charge in [0.2, 0.25) is 5.95 Å². The van der Waals surface area contributed by atoms with Crippen LogP contribution in [0.4, 0.5) is 17.3 Å². The van der Waals surface area contributed by atoms with Crippen LogP contribution in [-0.2, 0) is 19.9 Å². The van der Waals surface area contributed by atoms with Crippen LogP contribution in [0.1, 0.15) is 51.3 Å². The van der Waals surface area contributed by atoms with Crippen molar-refractivity contribution in [2.45, 2.75) is 33.6 Å². The maximum absolute atomic E-state index is 13.1. The molecule has 2 aromatic heterocycles. The average Bonchev–Trinajstić information content (AvgIpc) is 3.20. The SMILES string of the molecule is CCc1cccc(CC)c1NC(=O)c1ccc(Nc2ncc(Cl)c(-c3cc(C(=O)O)c(Cl)n3C)n2)c(C)c1. The molecule has 2 aromatic carbocycles. The molecular formula is C28H27Cl2N5O3. The van der Waals surface area contributed by atoms with Crippen LogP contribution in [0, 0.1) is 6.92 Å². The number of halogens is 2. The van der Waals surface area contributed by atoms with E-state index in [-0.39, 0.29) is 27.6 Å². The maximum Gasteiger partial charge on any atom is 0.338 e. The molecular weight excluding hydrogens is 525 g/mol. The molecule has 10 heteroatoms. The van der Waals surface area contributed by atoms with Crippen molar-refractivity contribution in [3.63, 3.8) is 0 Å². The molecule has 38 heavy (non-hydrogen) atoms. The number of aryl methyl sites for hydroxylation is 3. The number of carbonyl (C=O) groups excluding carboxylic acids is 1. The molecule has 4 rings (SSSR count). The number of benzene rings is 2. The largest absolute Gasteiger partial charge is 0.478 e. The molecule has 8 nitrogen and oxygen atoms in total. The predicted octanol–water partition coefficient (Wildman–Crippen LogP) is 6.92. The van der Waals surface area contributed by atoms with Crippen LogP contribution in [-0.4, -0.2) is 31.5 Å². The van der Waals surface area contributed by atoms with E-state index in [9.17, 15) is 14.7 Å². The lowest BCUT2D eigenvalue weighted by atomic mass is 10.0. The van der Waals surface area contributed by atoms with Gasteiger partial charge in [-0.15, -0.1) is 0 Å². The molecule has 1 amide bonds. The first-order chi connectivity index (χ1) is 18.1. The van der Waals surface area contributed by atoms with Crippen molar-refractivity contribution in [2.75, 3.05) is 10.6 Å². The molecule has 2 heterocycles. The highest BCUT2D eigenvalue weighted by molar-refractivity contribution is 6.34. The number of carbonyl (C=O) groups is 2. The fourth-order valence-electron chi connectivity index (χ4n) is 4.22. The predicted molar refractivity (Wildman–Crippen MR) is 151 cm³/mol. The Kier molecular flexibility index (Phi) is 8.04. The summed E-state index contributed by atoms with van der Waals surface area (Å²) in [5.41, 5.74) is 5.82. The van der Waals surface area contributed by atoms with Crippen LogP contribution in [0.5, 0.6) is 0 Å². The van der Waals surface area contributed by atoms with E-state index in [1.807, 2.05) is 25.1 Å². The third kappa shape index (κ3) is 5.37. The number of para-hydroxylation sites is 1. The second kappa shape index (κ2) is 11.2. The van der Waals surface area contributed by atoms with Gasteiger partial charge in [-0.2, -0.15) is 0 Å². The summed E-state index contributed by atoms with van der Waals surface area (Å²) in [6.45, 7) is 6.01. The van der Waals surface area contributed by atoms with Gasteiger partial charge in [0.15, 0.2) is 0 Å².